The first-order chi connectivity index (χ1) is 12.0. The van der Waals surface area contributed by atoms with Gasteiger partial charge in [-0.1, -0.05) is 29.3 Å². The highest BCUT2D eigenvalue weighted by molar-refractivity contribution is 6.35. The molecule has 1 fully saturated rings. The SMILES string of the molecule is O=C(c1cccc(O)c1)N1CCN(C(=O)c2cc(Cl)ccc2Cl)CC1. The lowest BCUT2D eigenvalue weighted by atomic mass is 10.1. The summed E-state index contributed by atoms with van der Waals surface area (Å²) < 4.78 is 0. The van der Waals surface area contributed by atoms with Crippen LogP contribution in [0.2, 0.25) is 10.0 Å². The predicted octanol–water partition coefficient (Wildman–Crippen LogP) is 3.30. The van der Waals surface area contributed by atoms with Gasteiger partial charge in [-0.15, -0.1) is 0 Å². The lowest BCUT2D eigenvalue weighted by molar-refractivity contribution is 0.0535. The van der Waals surface area contributed by atoms with Gasteiger partial charge in [-0.25, -0.2) is 0 Å². The van der Waals surface area contributed by atoms with Crippen molar-refractivity contribution < 1.29 is 14.7 Å². The third-order valence-corrected chi connectivity index (χ3v) is 4.67. The number of phenols is 1. The van der Waals surface area contributed by atoms with Gasteiger partial charge < -0.3 is 14.9 Å². The van der Waals surface area contributed by atoms with Gasteiger partial charge in [0.25, 0.3) is 11.8 Å². The minimum absolute atomic E-state index is 0.0512. The molecule has 0 aliphatic carbocycles. The Morgan fingerprint density at radius 2 is 1.52 bits per heavy atom. The van der Waals surface area contributed by atoms with Gasteiger partial charge in [0, 0.05) is 36.8 Å². The van der Waals surface area contributed by atoms with Crippen LogP contribution < -0.4 is 0 Å². The number of aromatic hydroxyl groups is 1. The van der Waals surface area contributed by atoms with Gasteiger partial charge in [-0.3, -0.25) is 9.59 Å². The van der Waals surface area contributed by atoms with Crippen molar-refractivity contribution in [2.45, 2.75) is 0 Å². The Bertz CT molecular complexity index is 818. The molecule has 0 unspecified atom stereocenters. The first-order valence-electron chi connectivity index (χ1n) is 7.78. The number of piperazine rings is 1. The Morgan fingerprint density at radius 1 is 0.880 bits per heavy atom. The van der Waals surface area contributed by atoms with E-state index in [0.717, 1.165) is 0 Å². The van der Waals surface area contributed by atoms with Crippen molar-refractivity contribution in [3.05, 3.63) is 63.6 Å². The quantitative estimate of drug-likeness (QED) is 0.871. The zero-order chi connectivity index (χ0) is 18.0. The van der Waals surface area contributed by atoms with Crippen LogP contribution in [0, 0.1) is 0 Å². The van der Waals surface area contributed by atoms with Gasteiger partial charge in [0.15, 0.2) is 0 Å². The van der Waals surface area contributed by atoms with E-state index in [-0.39, 0.29) is 17.6 Å². The topological polar surface area (TPSA) is 60.9 Å². The van der Waals surface area contributed by atoms with Crippen molar-refractivity contribution in [2.75, 3.05) is 26.2 Å². The second-order valence-corrected chi connectivity index (χ2v) is 6.60. The van der Waals surface area contributed by atoms with E-state index in [1.165, 1.54) is 12.1 Å². The summed E-state index contributed by atoms with van der Waals surface area (Å²) in [6.07, 6.45) is 0. The van der Waals surface area contributed by atoms with Crippen molar-refractivity contribution in [3.8, 4) is 5.75 Å². The van der Waals surface area contributed by atoms with Crippen molar-refractivity contribution >= 4 is 35.0 Å². The van der Waals surface area contributed by atoms with E-state index in [2.05, 4.69) is 0 Å². The third-order valence-electron chi connectivity index (χ3n) is 4.11. The van der Waals surface area contributed by atoms with Crippen molar-refractivity contribution in [3.63, 3.8) is 0 Å². The van der Waals surface area contributed by atoms with Gasteiger partial charge in [-0.2, -0.15) is 0 Å². The van der Waals surface area contributed by atoms with Crippen LogP contribution in [-0.4, -0.2) is 52.9 Å². The molecular formula is C18H16Cl2N2O3. The number of hydrogen-bond acceptors (Lipinski definition) is 3. The Hall–Kier alpha value is -2.24. The minimum atomic E-state index is -0.197. The van der Waals surface area contributed by atoms with Gasteiger partial charge in [0.1, 0.15) is 5.75 Å². The predicted molar refractivity (Wildman–Crippen MR) is 96.4 cm³/mol. The number of rotatable bonds is 2. The summed E-state index contributed by atoms with van der Waals surface area (Å²) in [5, 5.41) is 10.3. The Balaban J connectivity index is 1.66. The van der Waals surface area contributed by atoms with Gasteiger partial charge in [-0.05, 0) is 36.4 Å². The molecule has 0 spiro atoms. The number of carbonyl (C=O) groups excluding carboxylic acids is 2. The number of nitrogens with zero attached hydrogens (tertiary/aromatic N) is 2. The molecule has 0 bridgehead atoms. The summed E-state index contributed by atoms with van der Waals surface area (Å²) in [7, 11) is 0. The highest BCUT2D eigenvalue weighted by atomic mass is 35.5. The lowest BCUT2D eigenvalue weighted by Crippen LogP contribution is -2.50. The molecule has 1 aliphatic rings. The van der Waals surface area contributed by atoms with Crippen molar-refractivity contribution in [1.82, 2.24) is 9.80 Å². The number of carbonyl (C=O) groups is 2. The fraction of sp³-hybridized carbons (Fsp3) is 0.222. The second-order valence-electron chi connectivity index (χ2n) is 5.76. The molecule has 0 saturated carbocycles. The summed E-state index contributed by atoms with van der Waals surface area (Å²) in [5.41, 5.74) is 0.791. The number of halogens is 2. The third kappa shape index (κ3) is 3.89. The molecule has 0 radical (unpaired) electrons. The summed E-state index contributed by atoms with van der Waals surface area (Å²) in [6.45, 7) is 1.65. The standard InChI is InChI=1S/C18H16Cl2N2O3/c19-13-4-5-16(20)15(11-13)18(25)22-8-6-21(7-9-22)17(24)12-2-1-3-14(23)10-12/h1-5,10-11,23H,6-9H2. The lowest BCUT2D eigenvalue weighted by Gasteiger charge is -2.35. The first-order valence-corrected chi connectivity index (χ1v) is 8.54. The Kier molecular flexibility index (Phi) is 5.16. The van der Waals surface area contributed by atoms with Crippen LogP contribution in [0.15, 0.2) is 42.5 Å². The Labute approximate surface area is 155 Å². The van der Waals surface area contributed by atoms with E-state index in [1.54, 1.807) is 40.1 Å². The second kappa shape index (κ2) is 7.33. The van der Waals surface area contributed by atoms with Crippen LogP contribution in [-0.2, 0) is 0 Å². The van der Waals surface area contributed by atoms with E-state index in [1.807, 2.05) is 0 Å². The maximum absolute atomic E-state index is 12.6. The van der Waals surface area contributed by atoms with Crippen LogP contribution in [0.3, 0.4) is 0 Å². The molecule has 1 N–H and O–H groups in total. The molecule has 0 atom stereocenters. The molecule has 5 nitrogen and oxygen atoms in total. The zero-order valence-electron chi connectivity index (χ0n) is 13.3. The molecular weight excluding hydrogens is 363 g/mol. The van der Waals surface area contributed by atoms with E-state index >= 15 is 0 Å². The van der Waals surface area contributed by atoms with Crippen LogP contribution in [0.25, 0.3) is 0 Å². The first kappa shape index (κ1) is 17.6. The summed E-state index contributed by atoms with van der Waals surface area (Å²) in [5.74, 6) is -0.309. The fourth-order valence-corrected chi connectivity index (χ4v) is 3.14. The van der Waals surface area contributed by atoms with E-state index in [0.29, 0.717) is 47.4 Å². The molecule has 1 aliphatic heterocycles. The van der Waals surface area contributed by atoms with Gasteiger partial charge >= 0.3 is 0 Å². The van der Waals surface area contributed by atoms with E-state index in [4.69, 9.17) is 23.2 Å². The molecule has 2 amide bonds. The zero-order valence-corrected chi connectivity index (χ0v) is 14.8. The molecule has 2 aromatic carbocycles. The number of hydrogen-bond donors (Lipinski definition) is 1. The maximum atomic E-state index is 12.6. The number of phenolic OH excluding ortho intramolecular Hbond substituents is 1. The highest BCUT2D eigenvalue weighted by Crippen LogP contribution is 2.23. The van der Waals surface area contributed by atoms with Crippen LogP contribution in [0.4, 0.5) is 0 Å². The Morgan fingerprint density at radius 3 is 2.16 bits per heavy atom. The largest absolute Gasteiger partial charge is 0.508 e. The van der Waals surface area contributed by atoms with E-state index in [9.17, 15) is 14.7 Å². The maximum Gasteiger partial charge on any atom is 0.255 e. The number of amides is 2. The smallest absolute Gasteiger partial charge is 0.255 e. The van der Waals surface area contributed by atoms with Crippen LogP contribution >= 0.6 is 23.2 Å². The van der Waals surface area contributed by atoms with Crippen molar-refractivity contribution in [1.29, 1.82) is 0 Å². The molecule has 3 rings (SSSR count). The molecule has 130 valence electrons. The van der Waals surface area contributed by atoms with Gasteiger partial charge in [0.05, 0.1) is 10.6 Å². The highest BCUT2D eigenvalue weighted by Gasteiger charge is 2.26. The fourth-order valence-electron chi connectivity index (χ4n) is 2.77. The molecule has 1 heterocycles. The monoisotopic (exact) mass is 378 g/mol. The average molecular weight is 379 g/mol. The number of benzene rings is 2. The van der Waals surface area contributed by atoms with Crippen LogP contribution in [0.1, 0.15) is 20.7 Å². The van der Waals surface area contributed by atoms with Gasteiger partial charge in [0.2, 0.25) is 0 Å². The summed E-state index contributed by atoms with van der Waals surface area (Å²) >= 11 is 12.0. The summed E-state index contributed by atoms with van der Waals surface area (Å²) in [6, 6.07) is 11.0. The molecule has 1 saturated heterocycles. The van der Waals surface area contributed by atoms with Crippen LogP contribution in [0.5, 0.6) is 5.75 Å². The van der Waals surface area contributed by atoms with Crippen molar-refractivity contribution in [2.24, 2.45) is 0 Å². The molecule has 7 heteroatoms. The minimum Gasteiger partial charge on any atom is -0.508 e. The normalized spacial score (nSPS) is 14.5. The average Bonchev–Trinajstić information content (AvgIpc) is 2.62. The molecule has 2 aromatic rings. The molecule has 0 aromatic heterocycles. The molecule has 25 heavy (non-hydrogen) atoms. The summed E-state index contributed by atoms with van der Waals surface area (Å²) in [4.78, 5) is 28.4. The van der Waals surface area contributed by atoms with E-state index < -0.39 is 0 Å².